The SMILES string of the molecule is C=CCN(CC=C)S(=O)(=O)c1ccc(C(=O)Nc2nnc(-c3ccc(F)cc3)o2)cc1. The van der Waals surface area contributed by atoms with Gasteiger partial charge in [0.05, 0.1) is 4.90 Å². The molecule has 1 heterocycles. The molecule has 0 radical (unpaired) electrons. The summed E-state index contributed by atoms with van der Waals surface area (Å²) in [4.78, 5) is 12.5. The maximum Gasteiger partial charge on any atom is 0.322 e. The summed E-state index contributed by atoms with van der Waals surface area (Å²) in [5.74, 6) is -0.854. The van der Waals surface area contributed by atoms with Gasteiger partial charge in [0.25, 0.3) is 5.91 Å². The van der Waals surface area contributed by atoms with Crippen LogP contribution in [0.4, 0.5) is 10.4 Å². The van der Waals surface area contributed by atoms with Gasteiger partial charge >= 0.3 is 6.01 Å². The van der Waals surface area contributed by atoms with Crippen LogP contribution >= 0.6 is 0 Å². The first kappa shape index (κ1) is 22.1. The molecule has 0 saturated heterocycles. The average Bonchev–Trinajstić information content (AvgIpc) is 3.22. The number of nitrogens with zero attached hydrogens (tertiary/aromatic N) is 3. The minimum Gasteiger partial charge on any atom is -0.403 e. The van der Waals surface area contributed by atoms with Crippen LogP contribution in [0.3, 0.4) is 0 Å². The van der Waals surface area contributed by atoms with Crippen molar-refractivity contribution in [2.24, 2.45) is 0 Å². The predicted molar refractivity (Wildman–Crippen MR) is 113 cm³/mol. The number of carbonyl (C=O) groups is 1. The summed E-state index contributed by atoms with van der Waals surface area (Å²) in [5, 5.41) is 9.99. The Kier molecular flexibility index (Phi) is 6.73. The van der Waals surface area contributed by atoms with E-state index in [2.05, 4.69) is 28.7 Å². The number of amides is 1. The van der Waals surface area contributed by atoms with Gasteiger partial charge in [-0.2, -0.15) is 4.31 Å². The minimum absolute atomic E-state index is 0.0316. The third kappa shape index (κ3) is 5.11. The van der Waals surface area contributed by atoms with Crippen molar-refractivity contribution in [1.29, 1.82) is 0 Å². The monoisotopic (exact) mass is 442 g/mol. The highest BCUT2D eigenvalue weighted by Gasteiger charge is 2.23. The van der Waals surface area contributed by atoms with E-state index in [9.17, 15) is 17.6 Å². The Balaban J connectivity index is 1.73. The van der Waals surface area contributed by atoms with Crippen LogP contribution in [-0.2, 0) is 10.0 Å². The van der Waals surface area contributed by atoms with Gasteiger partial charge in [-0.15, -0.1) is 18.3 Å². The molecule has 10 heteroatoms. The molecule has 0 atom stereocenters. The van der Waals surface area contributed by atoms with Gasteiger partial charge in [0.2, 0.25) is 15.9 Å². The lowest BCUT2D eigenvalue weighted by molar-refractivity contribution is 0.102. The Labute approximate surface area is 178 Å². The first-order chi connectivity index (χ1) is 14.8. The summed E-state index contributed by atoms with van der Waals surface area (Å²) in [6, 6.07) is 10.7. The molecule has 0 spiro atoms. The number of rotatable bonds is 9. The molecule has 1 amide bonds. The van der Waals surface area contributed by atoms with Crippen LogP contribution < -0.4 is 5.32 Å². The number of hydrogen-bond donors (Lipinski definition) is 1. The Morgan fingerprint density at radius 1 is 1.03 bits per heavy atom. The van der Waals surface area contributed by atoms with E-state index in [4.69, 9.17) is 4.42 Å². The molecule has 3 aromatic rings. The second kappa shape index (κ2) is 9.45. The maximum absolute atomic E-state index is 13.0. The van der Waals surface area contributed by atoms with E-state index in [0.29, 0.717) is 5.56 Å². The zero-order valence-corrected chi connectivity index (χ0v) is 17.2. The molecule has 160 valence electrons. The normalized spacial score (nSPS) is 11.3. The molecule has 2 aromatic carbocycles. The van der Waals surface area contributed by atoms with E-state index < -0.39 is 21.7 Å². The van der Waals surface area contributed by atoms with Gasteiger partial charge in [-0.3, -0.25) is 10.1 Å². The Bertz CT molecular complexity index is 1180. The molecular weight excluding hydrogens is 423 g/mol. The number of hydrogen-bond acceptors (Lipinski definition) is 6. The van der Waals surface area contributed by atoms with Crippen LogP contribution in [0.25, 0.3) is 11.5 Å². The third-order valence-corrected chi connectivity index (χ3v) is 6.00. The zero-order valence-electron chi connectivity index (χ0n) is 16.4. The lowest BCUT2D eigenvalue weighted by Gasteiger charge is -2.19. The fraction of sp³-hybridized carbons (Fsp3) is 0.0952. The van der Waals surface area contributed by atoms with Crippen molar-refractivity contribution in [3.05, 3.63) is 85.2 Å². The summed E-state index contributed by atoms with van der Waals surface area (Å²) >= 11 is 0. The highest BCUT2D eigenvalue weighted by atomic mass is 32.2. The molecule has 0 aliphatic carbocycles. The first-order valence-corrected chi connectivity index (χ1v) is 10.5. The van der Waals surface area contributed by atoms with Crippen molar-refractivity contribution in [2.45, 2.75) is 4.90 Å². The summed E-state index contributed by atoms with van der Waals surface area (Å²) in [6.07, 6.45) is 2.96. The number of aromatic nitrogens is 2. The summed E-state index contributed by atoms with van der Waals surface area (Å²) < 4.78 is 45.0. The number of benzene rings is 2. The van der Waals surface area contributed by atoms with Crippen molar-refractivity contribution in [1.82, 2.24) is 14.5 Å². The summed E-state index contributed by atoms with van der Waals surface area (Å²) in [5.41, 5.74) is 0.687. The lowest BCUT2D eigenvalue weighted by atomic mass is 10.2. The fourth-order valence-corrected chi connectivity index (χ4v) is 4.02. The highest BCUT2D eigenvalue weighted by Crippen LogP contribution is 2.21. The zero-order chi connectivity index (χ0) is 22.4. The van der Waals surface area contributed by atoms with Crippen LogP contribution in [0, 0.1) is 5.82 Å². The van der Waals surface area contributed by atoms with Gasteiger partial charge in [-0.05, 0) is 48.5 Å². The van der Waals surface area contributed by atoms with Crippen molar-refractivity contribution < 1.29 is 22.0 Å². The Morgan fingerprint density at radius 3 is 2.23 bits per heavy atom. The van der Waals surface area contributed by atoms with Crippen molar-refractivity contribution in [2.75, 3.05) is 18.4 Å². The topological polar surface area (TPSA) is 105 Å². The van der Waals surface area contributed by atoms with Crippen LogP contribution in [0.15, 0.2) is 83.2 Å². The molecule has 1 N–H and O–H groups in total. The highest BCUT2D eigenvalue weighted by molar-refractivity contribution is 7.89. The standard InChI is InChI=1S/C21H19FN4O4S/c1-3-13-26(14-4-2)31(28,29)18-11-7-15(8-12-18)19(27)23-21-25-24-20(30-21)16-5-9-17(22)10-6-16/h3-12H,1-2,13-14H2,(H,23,25,27). The second-order valence-electron chi connectivity index (χ2n) is 6.30. The fourth-order valence-electron chi connectivity index (χ4n) is 2.64. The Hall–Kier alpha value is -3.63. The molecule has 0 unspecified atom stereocenters. The maximum atomic E-state index is 13.0. The molecule has 0 saturated carbocycles. The van der Waals surface area contributed by atoms with Crippen molar-refractivity contribution in [3.63, 3.8) is 0 Å². The molecule has 0 bridgehead atoms. The van der Waals surface area contributed by atoms with E-state index >= 15 is 0 Å². The van der Waals surface area contributed by atoms with Crippen LogP contribution in [-0.4, -0.2) is 41.9 Å². The molecule has 3 rings (SSSR count). The number of sulfonamides is 1. The molecule has 0 aliphatic rings. The van der Waals surface area contributed by atoms with Crippen LogP contribution in [0.5, 0.6) is 0 Å². The van der Waals surface area contributed by atoms with E-state index in [1.807, 2.05) is 0 Å². The van der Waals surface area contributed by atoms with Gasteiger partial charge in [-0.1, -0.05) is 17.3 Å². The second-order valence-corrected chi connectivity index (χ2v) is 8.24. The third-order valence-electron chi connectivity index (χ3n) is 4.16. The summed E-state index contributed by atoms with van der Waals surface area (Å²) in [6.45, 7) is 7.38. The van der Waals surface area contributed by atoms with Crippen molar-refractivity contribution in [3.8, 4) is 11.5 Å². The van der Waals surface area contributed by atoms with Gasteiger partial charge < -0.3 is 4.42 Å². The quantitative estimate of drug-likeness (QED) is 0.509. The molecule has 0 fully saturated rings. The molecule has 0 aliphatic heterocycles. The molecule has 1 aromatic heterocycles. The molecule has 8 nitrogen and oxygen atoms in total. The van der Waals surface area contributed by atoms with E-state index in [1.54, 1.807) is 0 Å². The molecule has 31 heavy (non-hydrogen) atoms. The first-order valence-electron chi connectivity index (χ1n) is 9.08. The van der Waals surface area contributed by atoms with Gasteiger partial charge in [0.15, 0.2) is 0 Å². The largest absolute Gasteiger partial charge is 0.403 e. The summed E-state index contributed by atoms with van der Waals surface area (Å²) in [7, 11) is -3.77. The number of anilines is 1. The Morgan fingerprint density at radius 2 is 1.65 bits per heavy atom. The number of nitrogens with one attached hydrogen (secondary N) is 1. The van der Waals surface area contributed by atoms with Gasteiger partial charge in [-0.25, -0.2) is 12.8 Å². The molecular formula is C21H19FN4O4S. The van der Waals surface area contributed by atoms with E-state index in [1.165, 1.54) is 65.0 Å². The van der Waals surface area contributed by atoms with Gasteiger partial charge in [0, 0.05) is 24.2 Å². The smallest absolute Gasteiger partial charge is 0.322 e. The van der Waals surface area contributed by atoms with Crippen molar-refractivity contribution >= 4 is 21.9 Å². The van der Waals surface area contributed by atoms with E-state index in [-0.39, 0.29) is 35.5 Å². The van der Waals surface area contributed by atoms with Gasteiger partial charge in [0.1, 0.15) is 5.82 Å². The van der Waals surface area contributed by atoms with Crippen LogP contribution in [0.2, 0.25) is 0 Å². The minimum atomic E-state index is -3.77. The lowest BCUT2D eigenvalue weighted by Crippen LogP contribution is -2.31. The number of carbonyl (C=O) groups excluding carboxylic acids is 1. The predicted octanol–water partition coefficient (Wildman–Crippen LogP) is 3.49. The number of halogens is 1. The average molecular weight is 442 g/mol. The van der Waals surface area contributed by atoms with E-state index in [0.717, 1.165) is 0 Å². The van der Waals surface area contributed by atoms with Crippen LogP contribution in [0.1, 0.15) is 10.4 Å².